The minimum atomic E-state index is -0.188. The lowest BCUT2D eigenvalue weighted by molar-refractivity contribution is 0.563. The summed E-state index contributed by atoms with van der Waals surface area (Å²) >= 11 is 0. The quantitative estimate of drug-likeness (QED) is 0.673. The Morgan fingerprint density at radius 3 is 2.29 bits per heavy atom. The van der Waals surface area contributed by atoms with Gasteiger partial charge >= 0.3 is 0 Å². The Morgan fingerprint density at radius 1 is 1.29 bits per heavy atom. The summed E-state index contributed by atoms with van der Waals surface area (Å²) < 4.78 is 0. The number of aromatic nitrogens is 2. The van der Waals surface area contributed by atoms with E-state index in [1.165, 1.54) is 0 Å². The largest absolute Gasteiger partial charge is 0.382 e. The average molecular weight is 190 g/mol. The third-order valence-electron chi connectivity index (χ3n) is 1.87. The van der Waals surface area contributed by atoms with Gasteiger partial charge in [-0.15, -0.1) is 0 Å². The first-order valence-corrected chi connectivity index (χ1v) is 4.41. The highest BCUT2D eigenvalue weighted by molar-refractivity contribution is 5.52. The first-order chi connectivity index (χ1) is 6.36. The van der Waals surface area contributed by atoms with E-state index in [0.717, 1.165) is 0 Å². The van der Waals surface area contributed by atoms with Crippen LogP contribution in [0.2, 0.25) is 0 Å². The predicted molar refractivity (Wildman–Crippen MR) is 54.6 cm³/mol. The van der Waals surface area contributed by atoms with Gasteiger partial charge in [-0.25, -0.2) is 9.97 Å². The van der Waals surface area contributed by atoms with Crippen LogP contribution >= 0.6 is 0 Å². The van der Waals surface area contributed by atoms with Crippen molar-refractivity contribution in [3.8, 4) is 6.07 Å². The van der Waals surface area contributed by atoms with Crippen LogP contribution in [0.1, 0.15) is 37.9 Å². The lowest BCUT2D eigenvalue weighted by atomic mass is 9.89. The molecule has 14 heavy (non-hydrogen) atoms. The molecule has 74 valence electrons. The molecular formula is C10H14N4. The van der Waals surface area contributed by atoms with Crippen LogP contribution in [-0.2, 0) is 5.41 Å². The minimum absolute atomic E-state index is 0.188. The maximum atomic E-state index is 8.94. The second kappa shape index (κ2) is 3.26. The smallest absolute Gasteiger partial charge is 0.145 e. The van der Waals surface area contributed by atoms with Gasteiger partial charge in [0.05, 0.1) is 5.69 Å². The Bertz CT molecular complexity index is 396. The number of nitriles is 1. The van der Waals surface area contributed by atoms with Gasteiger partial charge in [0.2, 0.25) is 0 Å². The summed E-state index contributed by atoms with van der Waals surface area (Å²) in [4.78, 5) is 8.23. The number of aryl methyl sites for hydroxylation is 1. The molecule has 0 fully saturated rings. The van der Waals surface area contributed by atoms with E-state index in [-0.39, 0.29) is 11.2 Å². The maximum Gasteiger partial charge on any atom is 0.145 e. The van der Waals surface area contributed by atoms with Crippen LogP contribution in [0, 0.1) is 18.3 Å². The van der Waals surface area contributed by atoms with Gasteiger partial charge in [0.25, 0.3) is 0 Å². The molecule has 1 aromatic rings. The molecule has 0 aliphatic carbocycles. The van der Waals surface area contributed by atoms with Crippen LogP contribution in [0.15, 0.2) is 0 Å². The zero-order chi connectivity index (χ0) is 10.9. The third-order valence-corrected chi connectivity index (χ3v) is 1.87. The molecule has 0 bridgehead atoms. The van der Waals surface area contributed by atoms with E-state index in [4.69, 9.17) is 11.0 Å². The molecule has 0 saturated carbocycles. The zero-order valence-electron chi connectivity index (χ0n) is 8.92. The summed E-state index contributed by atoms with van der Waals surface area (Å²) in [7, 11) is 0. The van der Waals surface area contributed by atoms with Crippen LogP contribution < -0.4 is 5.73 Å². The predicted octanol–water partition coefficient (Wildman–Crippen LogP) is 1.54. The van der Waals surface area contributed by atoms with Crippen molar-refractivity contribution < 1.29 is 0 Å². The molecule has 4 heteroatoms. The molecule has 0 amide bonds. The van der Waals surface area contributed by atoms with Gasteiger partial charge in [-0.3, -0.25) is 0 Å². The second-order valence-corrected chi connectivity index (χ2v) is 4.24. The number of hydrogen-bond acceptors (Lipinski definition) is 4. The van der Waals surface area contributed by atoms with E-state index in [9.17, 15) is 0 Å². The van der Waals surface area contributed by atoms with Crippen molar-refractivity contribution in [1.82, 2.24) is 9.97 Å². The highest BCUT2D eigenvalue weighted by Gasteiger charge is 2.22. The van der Waals surface area contributed by atoms with E-state index < -0.39 is 0 Å². The Kier molecular flexibility index (Phi) is 2.43. The summed E-state index contributed by atoms with van der Waals surface area (Å²) in [6, 6.07) is 2.05. The van der Waals surface area contributed by atoms with Crippen LogP contribution in [0.4, 0.5) is 5.82 Å². The van der Waals surface area contributed by atoms with Crippen molar-refractivity contribution in [1.29, 1.82) is 5.26 Å². The van der Waals surface area contributed by atoms with Gasteiger partial charge in [-0.05, 0) is 6.92 Å². The summed E-state index contributed by atoms with van der Waals surface area (Å²) in [5.41, 5.74) is 6.57. The fourth-order valence-corrected chi connectivity index (χ4v) is 1.25. The number of anilines is 1. The molecule has 1 rings (SSSR count). The normalized spacial score (nSPS) is 11.1. The minimum Gasteiger partial charge on any atom is -0.382 e. The van der Waals surface area contributed by atoms with E-state index in [1.54, 1.807) is 6.92 Å². The standard InChI is InChI=1S/C10H14N4/c1-6-13-8(10(2,3)4)7(5-11)9(12)14-6/h1-4H3,(H2,12,13,14). The van der Waals surface area contributed by atoms with Crippen LogP contribution in [0.25, 0.3) is 0 Å². The van der Waals surface area contributed by atoms with Gasteiger partial charge in [-0.1, -0.05) is 20.8 Å². The molecule has 0 radical (unpaired) electrons. The number of nitrogen functional groups attached to an aromatic ring is 1. The van der Waals surface area contributed by atoms with E-state index >= 15 is 0 Å². The van der Waals surface area contributed by atoms with Crippen LogP contribution in [0.3, 0.4) is 0 Å². The lowest BCUT2D eigenvalue weighted by Crippen LogP contribution is -2.18. The van der Waals surface area contributed by atoms with Crippen molar-refractivity contribution in [2.75, 3.05) is 5.73 Å². The molecule has 0 atom stereocenters. The molecule has 4 nitrogen and oxygen atoms in total. The molecule has 0 aromatic carbocycles. The highest BCUT2D eigenvalue weighted by atomic mass is 15.0. The first kappa shape index (κ1) is 10.5. The van der Waals surface area contributed by atoms with Gasteiger partial charge in [-0.2, -0.15) is 5.26 Å². The maximum absolute atomic E-state index is 8.94. The zero-order valence-corrected chi connectivity index (χ0v) is 8.92. The molecule has 1 heterocycles. The molecule has 0 aliphatic rings. The highest BCUT2D eigenvalue weighted by Crippen LogP contribution is 2.25. The number of nitrogens with zero attached hydrogens (tertiary/aromatic N) is 3. The number of nitrogens with two attached hydrogens (primary N) is 1. The van der Waals surface area contributed by atoms with Crippen molar-refractivity contribution >= 4 is 5.82 Å². The van der Waals surface area contributed by atoms with Crippen LogP contribution in [0.5, 0.6) is 0 Å². The van der Waals surface area contributed by atoms with Gasteiger partial charge in [0, 0.05) is 5.41 Å². The molecule has 0 spiro atoms. The van der Waals surface area contributed by atoms with Gasteiger partial charge in [0.1, 0.15) is 23.3 Å². The van der Waals surface area contributed by atoms with Crippen LogP contribution in [-0.4, -0.2) is 9.97 Å². The van der Waals surface area contributed by atoms with Gasteiger partial charge in [0.15, 0.2) is 0 Å². The van der Waals surface area contributed by atoms with E-state index in [1.807, 2.05) is 26.8 Å². The SMILES string of the molecule is Cc1nc(N)c(C#N)c(C(C)(C)C)n1. The van der Waals surface area contributed by atoms with Crippen molar-refractivity contribution in [2.24, 2.45) is 0 Å². The second-order valence-electron chi connectivity index (χ2n) is 4.24. The first-order valence-electron chi connectivity index (χ1n) is 4.41. The number of hydrogen-bond donors (Lipinski definition) is 1. The molecule has 1 aromatic heterocycles. The number of rotatable bonds is 0. The van der Waals surface area contributed by atoms with Crippen molar-refractivity contribution in [3.05, 3.63) is 17.1 Å². The molecule has 0 saturated heterocycles. The molecular weight excluding hydrogens is 176 g/mol. The summed E-state index contributed by atoms with van der Waals surface area (Å²) in [6.45, 7) is 7.76. The summed E-state index contributed by atoms with van der Waals surface area (Å²) in [6.07, 6.45) is 0. The summed E-state index contributed by atoms with van der Waals surface area (Å²) in [5.74, 6) is 0.872. The monoisotopic (exact) mass is 190 g/mol. The Morgan fingerprint density at radius 2 is 1.86 bits per heavy atom. The van der Waals surface area contributed by atoms with Crippen molar-refractivity contribution in [3.63, 3.8) is 0 Å². The van der Waals surface area contributed by atoms with E-state index in [0.29, 0.717) is 17.1 Å². The molecule has 0 aliphatic heterocycles. The molecule has 0 unspecified atom stereocenters. The van der Waals surface area contributed by atoms with Gasteiger partial charge < -0.3 is 5.73 Å². The Balaban J connectivity index is 3.50. The summed E-state index contributed by atoms with van der Waals surface area (Å²) in [5, 5.41) is 8.94. The lowest BCUT2D eigenvalue weighted by Gasteiger charge is -2.19. The fourth-order valence-electron chi connectivity index (χ4n) is 1.25. The third kappa shape index (κ3) is 1.82. The average Bonchev–Trinajstić information content (AvgIpc) is 2.01. The van der Waals surface area contributed by atoms with Crippen molar-refractivity contribution in [2.45, 2.75) is 33.1 Å². The molecule has 2 N–H and O–H groups in total. The Labute approximate surface area is 83.8 Å². The topological polar surface area (TPSA) is 75.6 Å². The fraction of sp³-hybridized carbons (Fsp3) is 0.500. The van der Waals surface area contributed by atoms with E-state index in [2.05, 4.69) is 9.97 Å². The Hall–Kier alpha value is -1.63.